The van der Waals surface area contributed by atoms with Gasteiger partial charge in [-0.1, -0.05) is 18.2 Å². The number of alkyl halides is 3. The van der Waals surface area contributed by atoms with E-state index >= 15 is 0 Å². The maximum atomic E-state index is 12.7. The molecular weight excluding hydrogens is 289 g/mol. The molecule has 0 amide bonds. The molecule has 120 valence electrons. The van der Waals surface area contributed by atoms with E-state index in [0.717, 1.165) is 13.1 Å². The predicted octanol–water partition coefficient (Wildman–Crippen LogP) is 4.44. The molecule has 2 heterocycles. The van der Waals surface area contributed by atoms with E-state index in [9.17, 15) is 13.2 Å². The van der Waals surface area contributed by atoms with E-state index in [0.29, 0.717) is 13.1 Å². The molecule has 2 aromatic rings. The van der Waals surface area contributed by atoms with Gasteiger partial charge in [-0.25, -0.2) is 0 Å². The minimum absolute atomic E-state index is 0.218. The first-order chi connectivity index (χ1) is 10.5. The molecule has 0 atom stereocenters. The van der Waals surface area contributed by atoms with Gasteiger partial charge in [0.2, 0.25) is 0 Å². The highest BCUT2D eigenvalue weighted by Crippen LogP contribution is 2.34. The second kappa shape index (κ2) is 5.95. The molecule has 5 heteroatoms. The van der Waals surface area contributed by atoms with Crippen LogP contribution in [-0.4, -0.2) is 28.7 Å². The van der Waals surface area contributed by atoms with E-state index in [1.807, 2.05) is 12.1 Å². The molecule has 0 radical (unpaired) electrons. The number of nitrogens with zero attached hydrogens (tertiary/aromatic N) is 2. The van der Waals surface area contributed by atoms with Gasteiger partial charge in [-0.05, 0) is 50.4 Å². The molecule has 0 unspecified atom stereocenters. The Morgan fingerprint density at radius 1 is 1.14 bits per heavy atom. The SMILES string of the molecule is CCn1c(CN2CCC(C(F)(F)F)CC2)cc2ccccc21. The van der Waals surface area contributed by atoms with E-state index < -0.39 is 12.1 Å². The highest BCUT2D eigenvalue weighted by molar-refractivity contribution is 5.81. The van der Waals surface area contributed by atoms with Crippen LogP contribution in [0.5, 0.6) is 0 Å². The number of hydrogen-bond donors (Lipinski definition) is 0. The average Bonchev–Trinajstić information content (AvgIpc) is 2.84. The Morgan fingerprint density at radius 2 is 1.82 bits per heavy atom. The smallest absolute Gasteiger partial charge is 0.344 e. The zero-order chi connectivity index (χ0) is 15.7. The van der Waals surface area contributed by atoms with Crippen molar-refractivity contribution in [3.8, 4) is 0 Å². The fraction of sp³-hybridized carbons (Fsp3) is 0.529. The number of fused-ring (bicyclic) bond motifs is 1. The van der Waals surface area contributed by atoms with Gasteiger partial charge in [0.25, 0.3) is 0 Å². The van der Waals surface area contributed by atoms with Crippen molar-refractivity contribution in [3.63, 3.8) is 0 Å². The van der Waals surface area contributed by atoms with E-state index in [1.54, 1.807) is 0 Å². The summed E-state index contributed by atoms with van der Waals surface area (Å²) >= 11 is 0. The van der Waals surface area contributed by atoms with Gasteiger partial charge in [-0.2, -0.15) is 13.2 Å². The summed E-state index contributed by atoms with van der Waals surface area (Å²) in [7, 11) is 0. The van der Waals surface area contributed by atoms with E-state index in [2.05, 4.69) is 34.6 Å². The Kier molecular flexibility index (Phi) is 4.17. The predicted molar refractivity (Wildman–Crippen MR) is 81.7 cm³/mol. The summed E-state index contributed by atoms with van der Waals surface area (Å²) in [6.07, 6.45) is -3.60. The maximum absolute atomic E-state index is 12.7. The molecule has 0 saturated carbocycles. The van der Waals surface area contributed by atoms with Gasteiger partial charge < -0.3 is 4.57 Å². The van der Waals surface area contributed by atoms with Gasteiger partial charge in [0.05, 0.1) is 5.92 Å². The number of benzene rings is 1. The van der Waals surface area contributed by atoms with Crippen LogP contribution in [0.25, 0.3) is 10.9 Å². The Bertz CT molecular complexity index is 637. The lowest BCUT2D eigenvalue weighted by molar-refractivity contribution is -0.185. The summed E-state index contributed by atoms with van der Waals surface area (Å²) in [5.74, 6) is -1.12. The third-order valence-electron chi connectivity index (χ3n) is 4.65. The normalized spacial score (nSPS) is 18.2. The number of aryl methyl sites for hydroxylation is 1. The molecule has 1 aliphatic heterocycles. The van der Waals surface area contributed by atoms with Gasteiger partial charge in [0.1, 0.15) is 0 Å². The fourth-order valence-corrected chi connectivity index (χ4v) is 3.42. The molecule has 0 spiro atoms. The van der Waals surface area contributed by atoms with Crippen molar-refractivity contribution in [2.45, 2.75) is 39.0 Å². The minimum Gasteiger partial charge on any atom is -0.344 e. The molecule has 1 saturated heterocycles. The highest BCUT2D eigenvalue weighted by Gasteiger charge is 2.41. The second-order valence-electron chi connectivity index (χ2n) is 6.03. The monoisotopic (exact) mass is 310 g/mol. The Balaban J connectivity index is 1.72. The van der Waals surface area contributed by atoms with Crippen molar-refractivity contribution >= 4 is 10.9 Å². The Labute approximate surface area is 128 Å². The molecule has 0 N–H and O–H groups in total. The van der Waals surface area contributed by atoms with Gasteiger partial charge in [0, 0.05) is 24.3 Å². The fourth-order valence-electron chi connectivity index (χ4n) is 3.42. The molecule has 1 fully saturated rings. The van der Waals surface area contributed by atoms with Crippen LogP contribution in [0.3, 0.4) is 0 Å². The number of rotatable bonds is 3. The highest BCUT2D eigenvalue weighted by atomic mass is 19.4. The first-order valence-electron chi connectivity index (χ1n) is 7.85. The lowest BCUT2D eigenvalue weighted by Crippen LogP contribution is -2.38. The van der Waals surface area contributed by atoms with Crippen molar-refractivity contribution in [1.82, 2.24) is 9.47 Å². The third kappa shape index (κ3) is 3.00. The number of aromatic nitrogens is 1. The number of para-hydroxylation sites is 1. The summed E-state index contributed by atoms with van der Waals surface area (Å²) in [5, 5.41) is 1.20. The number of likely N-dealkylation sites (tertiary alicyclic amines) is 1. The van der Waals surface area contributed by atoms with Crippen molar-refractivity contribution in [2.24, 2.45) is 5.92 Å². The number of halogens is 3. The minimum atomic E-state index is -4.04. The average molecular weight is 310 g/mol. The molecule has 22 heavy (non-hydrogen) atoms. The molecule has 0 bridgehead atoms. The van der Waals surface area contributed by atoms with Crippen molar-refractivity contribution in [3.05, 3.63) is 36.0 Å². The number of hydrogen-bond acceptors (Lipinski definition) is 1. The standard InChI is InChI=1S/C17H21F3N2/c1-2-22-15(11-13-5-3-4-6-16(13)22)12-21-9-7-14(8-10-21)17(18,19)20/h3-6,11,14H,2,7-10,12H2,1H3. The zero-order valence-electron chi connectivity index (χ0n) is 12.7. The largest absolute Gasteiger partial charge is 0.391 e. The first-order valence-corrected chi connectivity index (χ1v) is 7.85. The molecule has 3 rings (SSSR count). The number of piperidine rings is 1. The maximum Gasteiger partial charge on any atom is 0.391 e. The Morgan fingerprint density at radius 3 is 2.45 bits per heavy atom. The third-order valence-corrected chi connectivity index (χ3v) is 4.65. The summed E-state index contributed by atoms with van der Waals surface area (Å²) < 4.78 is 40.4. The van der Waals surface area contributed by atoms with E-state index in [4.69, 9.17) is 0 Å². The van der Waals surface area contributed by atoms with Crippen LogP contribution in [0.2, 0.25) is 0 Å². The van der Waals surface area contributed by atoms with Gasteiger partial charge in [0.15, 0.2) is 0 Å². The quantitative estimate of drug-likeness (QED) is 0.814. The van der Waals surface area contributed by atoms with Crippen LogP contribution in [0.15, 0.2) is 30.3 Å². The van der Waals surface area contributed by atoms with Crippen LogP contribution in [-0.2, 0) is 13.1 Å². The van der Waals surface area contributed by atoms with Crippen molar-refractivity contribution in [2.75, 3.05) is 13.1 Å². The zero-order valence-corrected chi connectivity index (χ0v) is 12.7. The van der Waals surface area contributed by atoms with Crippen LogP contribution in [0.4, 0.5) is 13.2 Å². The Hall–Kier alpha value is -1.49. The van der Waals surface area contributed by atoms with Gasteiger partial charge >= 0.3 is 6.18 Å². The van der Waals surface area contributed by atoms with E-state index in [-0.39, 0.29) is 12.8 Å². The lowest BCUT2D eigenvalue weighted by Gasteiger charge is -2.33. The van der Waals surface area contributed by atoms with Gasteiger partial charge in [-0.3, -0.25) is 4.90 Å². The van der Waals surface area contributed by atoms with Gasteiger partial charge in [-0.15, -0.1) is 0 Å². The molecule has 1 aromatic carbocycles. The topological polar surface area (TPSA) is 8.17 Å². The van der Waals surface area contributed by atoms with Crippen LogP contribution >= 0.6 is 0 Å². The molecule has 2 nitrogen and oxygen atoms in total. The summed E-state index contributed by atoms with van der Waals surface area (Å²) in [4.78, 5) is 2.14. The molecule has 0 aliphatic carbocycles. The first kappa shape index (κ1) is 15.4. The lowest BCUT2D eigenvalue weighted by atomic mass is 9.96. The van der Waals surface area contributed by atoms with Crippen LogP contribution < -0.4 is 0 Å². The summed E-state index contributed by atoms with van der Waals surface area (Å²) in [6, 6.07) is 10.4. The molecular formula is C17H21F3N2. The second-order valence-corrected chi connectivity index (χ2v) is 6.03. The molecule has 1 aromatic heterocycles. The van der Waals surface area contributed by atoms with Crippen molar-refractivity contribution < 1.29 is 13.2 Å². The summed E-state index contributed by atoms with van der Waals surface area (Å²) in [5.41, 5.74) is 2.39. The molecule has 1 aliphatic rings. The summed E-state index contributed by atoms with van der Waals surface area (Å²) in [6.45, 7) is 4.76. The van der Waals surface area contributed by atoms with Crippen LogP contribution in [0.1, 0.15) is 25.5 Å². The van der Waals surface area contributed by atoms with Crippen molar-refractivity contribution in [1.29, 1.82) is 0 Å². The van der Waals surface area contributed by atoms with Crippen LogP contribution in [0, 0.1) is 5.92 Å². The van der Waals surface area contributed by atoms with E-state index in [1.165, 1.54) is 16.6 Å².